The second kappa shape index (κ2) is 12.2. The molecule has 2 rings (SSSR count). The molecular weight excluding hydrogens is 442 g/mol. The van der Waals surface area contributed by atoms with Crippen molar-refractivity contribution in [2.45, 2.75) is 39.3 Å². The van der Waals surface area contributed by atoms with Gasteiger partial charge in [-0.3, -0.25) is 13.9 Å². The maximum atomic E-state index is 13.5. The molecule has 2 amide bonds. The minimum Gasteiger partial charge on any atom is -0.497 e. The van der Waals surface area contributed by atoms with Gasteiger partial charge in [0.05, 0.1) is 19.1 Å². The number of rotatable bonds is 12. The first-order valence-electron chi connectivity index (χ1n) is 10.9. The highest BCUT2D eigenvalue weighted by atomic mass is 32.2. The normalized spacial score (nSPS) is 12.0. The van der Waals surface area contributed by atoms with Gasteiger partial charge in [-0.15, -0.1) is 0 Å². The van der Waals surface area contributed by atoms with Crippen molar-refractivity contribution in [3.63, 3.8) is 0 Å². The number of hydrogen-bond donors (Lipinski definition) is 1. The van der Waals surface area contributed by atoms with E-state index in [2.05, 4.69) is 5.32 Å². The zero-order chi connectivity index (χ0) is 24.4. The van der Waals surface area contributed by atoms with E-state index in [-0.39, 0.29) is 12.5 Å². The molecule has 0 fully saturated rings. The number of anilines is 1. The first kappa shape index (κ1) is 26.2. The summed E-state index contributed by atoms with van der Waals surface area (Å²) in [7, 11) is -2.24. The van der Waals surface area contributed by atoms with E-state index in [1.54, 1.807) is 24.3 Å². The molecule has 0 bridgehead atoms. The molecule has 0 unspecified atom stereocenters. The summed E-state index contributed by atoms with van der Waals surface area (Å²) in [4.78, 5) is 27.8. The Labute approximate surface area is 196 Å². The largest absolute Gasteiger partial charge is 0.497 e. The summed E-state index contributed by atoms with van der Waals surface area (Å²) in [6.07, 6.45) is 2.22. The third kappa shape index (κ3) is 7.49. The summed E-state index contributed by atoms with van der Waals surface area (Å²) in [6, 6.07) is 15.0. The summed E-state index contributed by atoms with van der Waals surface area (Å²) in [5.74, 6) is -0.138. The summed E-state index contributed by atoms with van der Waals surface area (Å²) in [6.45, 7) is 4.06. The Morgan fingerprint density at radius 1 is 1.03 bits per heavy atom. The van der Waals surface area contributed by atoms with Gasteiger partial charge in [0.15, 0.2) is 0 Å². The average Bonchev–Trinajstić information content (AvgIpc) is 2.81. The monoisotopic (exact) mass is 475 g/mol. The van der Waals surface area contributed by atoms with Crippen molar-refractivity contribution in [1.82, 2.24) is 10.2 Å². The van der Waals surface area contributed by atoms with Crippen LogP contribution >= 0.6 is 0 Å². The Kier molecular flexibility index (Phi) is 9.72. The lowest BCUT2D eigenvalue weighted by molar-refractivity contribution is -0.140. The van der Waals surface area contributed by atoms with E-state index < -0.39 is 28.5 Å². The van der Waals surface area contributed by atoms with Crippen LogP contribution in [0.5, 0.6) is 5.75 Å². The Balaban J connectivity index is 2.38. The predicted molar refractivity (Wildman–Crippen MR) is 130 cm³/mol. The molecule has 0 aromatic heterocycles. The van der Waals surface area contributed by atoms with Gasteiger partial charge in [0.2, 0.25) is 21.8 Å². The fourth-order valence-corrected chi connectivity index (χ4v) is 4.28. The fourth-order valence-electron chi connectivity index (χ4n) is 3.43. The second-order valence-corrected chi connectivity index (χ2v) is 9.60. The molecule has 0 aliphatic heterocycles. The van der Waals surface area contributed by atoms with Gasteiger partial charge in [0.25, 0.3) is 0 Å². The maximum absolute atomic E-state index is 13.5. The summed E-state index contributed by atoms with van der Waals surface area (Å²) >= 11 is 0. The zero-order valence-electron chi connectivity index (χ0n) is 19.7. The lowest BCUT2D eigenvalue weighted by Gasteiger charge is -2.32. The number of benzene rings is 2. The number of ether oxygens (including phenoxy) is 1. The van der Waals surface area contributed by atoms with Gasteiger partial charge < -0.3 is 15.0 Å². The van der Waals surface area contributed by atoms with Crippen LogP contribution in [0.3, 0.4) is 0 Å². The quantitative estimate of drug-likeness (QED) is 0.509. The Bertz CT molecular complexity index is 1010. The number of nitrogens with one attached hydrogen (secondary N) is 1. The van der Waals surface area contributed by atoms with Crippen molar-refractivity contribution in [3.05, 3.63) is 60.2 Å². The topological polar surface area (TPSA) is 96.0 Å². The number of carbonyl (C=O) groups is 2. The Hall–Kier alpha value is -3.07. The summed E-state index contributed by atoms with van der Waals surface area (Å²) in [5.41, 5.74) is 1.19. The van der Waals surface area contributed by atoms with Crippen molar-refractivity contribution in [3.8, 4) is 5.75 Å². The average molecular weight is 476 g/mol. The van der Waals surface area contributed by atoms with E-state index in [1.165, 1.54) is 12.0 Å². The lowest BCUT2D eigenvalue weighted by atomic mass is 10.1. The van der Waals surface area contributed by atoms with Crippen LogP contribution in [-0.2, 0) is 26.2 Å². The smallest absolute Gasteiger partial charge is 0.244 e. The molecule has 0 aliphatic carbocycles. The molecule has 0 spiro atoms. The van der Waals surface area contributed by atoms with Crippen LogP contribution in [0.1, 0.15) is 32.3 Å². The van der Waals surface area contributed by atoms with Crippen LogP contribution in [0.25, 0.3) is 0 Å². The van der Waals surface area contributed by atoms with Crippen LogP contribution < -0.4 is 14.4 Å². The highest BCUT2D eigenvalue weighted by Crippen LogP contribution is 2.22. The lowest BCUT2D eigenvalue weighted by Crippen LogP contribution is -2.52. The molecule has 2 aromatic carbocycles. The van der Waals surface area contributed by atoms with Gasteiger partial charge in [0.1, 0.15) is 18.3 Å². The molecule has 8 nitrogen and oxygen atoms in total. The minimum atomic E-state index is -3.76. The van der Waals surface area contributed by atoms with E-state index in [0.29, 0.717) is 24.4 Å². The summed E-state index contributed by atoms with van der Waals surface area (Å²) < 4.78 is 31.3. The number of amides is 2. The molecule has 0 heterocycles. The predicted octanol–water partition coefficient (Wildman–Crippen LogP) is 2.79. The van der Waals surface area contributed by atoms with Crippen LogP contribution in [0.2, 0.25) is 0 Å². The SMILES string of the molecule is CCCNC(=O)[C@@H](CC)N(Cc1ccccc1)C(=O)CN(c1ccc(OC)cc1)S(C)(=O)=O. The van der Waals surface area contributed by atoms with E-state index in [0.717, 1.165) is 22.5 Å². The molecular formula is C24H33N3O5S. The molecule has 0 aliphatic rings. The maximum Gasteiger partial charge on any atom is 0.244 e. The first-order chi connectivity index (χ1) is 15.7. The van der Waals surface area contributed by atoms with Crippen molar-refractivity contribution < 1.29 is 22.7 Å². The van der Waals surface area contributed by atoms with Gasteiger partial charge in [0, 0.05) is 13.1 Å². The van der Waals surface area contributed by atoms with Crippen molar-refractivity contribution in [1.29, 1.82) is 0 Å². The molecule has 1 atom stereocenters. The van der Waals surface area contributed by atoms with Gasteiger partial charge in [-0.05, 0) is 42.7 Å². The number of hydrogen-bond acceptors (Lipinski definition) is 5. The van der Waals surface area contributed by atoms with E-state index in [9.17, 15) is 18.0 Å². The van der Waals surface area contributed by atoms with Crippen molar-refractivity contribution >= 4 is 27.5 Å². The van der Waals surface area contributed by atoms with Crippen molar-refractivity contribution in [2.24, 2.45) is 0 Å². The molecule has 1 N–H and O–H groups in total. The standard InChI is InChI=1S/C24H33N3O5S/c1-5-16-25-24(29)22(6-2)26(17-19-10-8-7-9-11-19)23(28)18-27(33(4,30)31)20-12-14-21(32-3)15-13-20/h7-15,22H,5-6,16-18H2,1-4H3,(H,25,29)/t22-/m1/s1. The minimum absolute atomic E-state index is 0.192. The Morgan fingerprint density at radius 3 is 2.18 bits per heavy atom. The number of methoxy groups -OCH3 is 1. The fraction of sp³-hybridized carbons (Fsp3) is 0.417. The zero-order valence-corrected chi connectivity index (χ0v) is 20.5. The second-order valence-electron chi connectivity index (χ2n) is 7.69. The number of nitrogens with zero attached hydrogens (tertiary/aromatic N) is 2. The molecule has 180 valence electrons. The number of sulfonamides is 1. The molecule has 0 saturated carbocycles. The Morgan fingerprint density at radius 2 is 1.67 bits per heavy atom. The van der Waals surface area contributed by atoms with Crippen LogP contribution in [0.4, 0.5) is 5.69 Å². The number of carbonyl (C=O) groups excluding carboxylic acids is 2. The van der Waals surface area contributed by atoms with E-state index >= 15 is 0 Å². The first-order valence-corrected chi connectivity index (χ1v) is 12.8. The van der Waals surface area contributed by atoms with Crippen molar-refractivity contribution in [2.75, 3.05) is 30.8 Å². The molecule has 2 aromatic rings. The summed E-state index contributed by atoms with van der Waals surface area (Å²) in [5, 5.41) is 2.85. The molecule has 0 radical (unpaired) electrons. The van der Waals surface area contributed by atoms with Gasteiger partial charge in [-0.1, -0.05) is 44.2 Å². The highest BCUT2D eigenvalue weighted by Gasteiger charge is 2.31. The van der Waals surface area contributed by atoms with E-state index in [1.807, 2.05) is 44.2 Å². The van der Waals surface area contributed by atoms with E-state index in [4.69, 9.17) is 4.74 Å². The molecule has 9 heteroatoms. The van der Waals surface area contributed by atoms with Gasteiger partial charge in [-0.25, -0.2) is 8.42 Å². The van der Waals surface area contributed by atoms with Crippen LogP contribution in [0.15, 0.2) is 54.6 Å². The highest BCUT2D eigenvalue weighted by molar-refractivity contribution is 7.92. The third-order valence-corrected chi connectivity index (χ3v) is 6.31. The van der Waals surface area contributed by atoms with Gasteiger partial charge >= 0.3 is 0 Å². The van der Waals surface area contributed by atoms with Crippen LogP contribution in [0, 0.1) is 0 Å². The van der Waals surface area contributed by atoms with Crippen LogP contribution in [-0.4, -0.2) is 57.6 Å². The van der Waals surface area contributed by atoms with Gasteiger partial charge in [-0.2, -0.15) is 0 Å². The molecule has 0 saturated heterocycles. The molecule has 33 heavy (non-hydrogen) atoms. The third-order valence-electron chi connectivity index (χ3n) is 5.17.